The summed E-state index contributed by atoms with van der Waals surface area (Å²) < 4.78 is 33.5. The average molecular weight is 473 g/mol. The Hall–Kier alpha value is -3.04. The van der Waals surface area contributed by atoms with E-state index in [1.807, 2.05) is 6.07 Å². The Labute approximate surface area is 191 Å². The summed E-state index contributed by atoms with van der Waals surface area (Å²) in [6.45, 7) is 2.20. The fraction of sp³-hybridized carbons (Fsp3) is 0.261. The lowest BCUT2D eigenvalue weighted by molar-refractivity contribution is 0.103. The van der Waals surface area contributed by atoms with Crippen molar-refractivity contribution in [3.63, 3.8) is 0 Å². The van der Waals surface area contributed by atoms with Gasteiger partial charge in [-0.3, -0.25) is 9.52 Å². The summed E-state index contributed by atoms with van der Waals surface area (Å²) in [6, 6.07) is 12.3. The lowest BCUT2D eigenvalue weighted by Gasteiger charge is -2.16. The number of aryl methyl sites for hydroxylation is 1. The SMILES string of the molecule is COc1ccccc1NS(=O)(=O)c1ccc(O)c(NC(=O)c2cc3c(s2)CCC(C)C3)c1. The Morgan fingerprint density at radius 3 is 2.72 bits per heavy atom. The van der Waals surface area contributed by atoms with Gasteiger partial charge in [-0.05, 0) is 67.1 Å². The van der Waals surface area contributed by atoms with Gasteiger partial charge in [-0.2, -0.15) is 0 Å². The Morgan fingerprint density at radius 2 is 1.94 bits per heavy atom. The van der Waals surface area contributed by atoms with E-state index in [1.54, 1.807) is 24.3 Å². The number of nitrogens with one attached hydrogen (secondary N) is 2. The molecule has 1 heterocycles. The van der Waals surface area contributed by atoms with Gasteiger partial charge < -0.3 is 15.2 Å². The second kappa shape index (κ2) is 8.84. The lowest BCUT2D eigenvalue weighted by Crippen LogP contribution is -2.15. The van der Waals surface area contributed by atoms with Gasteiger partial charge in [0.1, 0.15) is 11.5 Å². The molecule has 0 saturated heterocycles. The van der Waals surface area contributed by atoms with E-state index in [2.05, 4.69) is 17.0 Å². The number of benzene rings is 2. The van der Waals surface area contributed by atoms with E-state index in [0.29, 0.717) is 16.5 Å². The number of aromatic hydroxyl groups is 1. The number of carbonyl (C=O) groups excluding carboxylic acids is 1. The molecule has 3 aromatic rings. The van der Waals surface area contributed by atoms with Gasteiger partial charge in [0.25, 0.3) is 15.9 Å². The predicted octanol–water partition coefficient (Wildman–Crippen LogP) is 4.64. The van der Waals surface area contributed by atoms with Crippen molar-refractivity contribution in [2.75, 3.05) is 17.1 Å². The number of phenols is 1. The zero-order valence-corrected chi connectivity index (χ0v) is 19.3. The number of rotatable bonds is 6. The Bertz CT molecular complexity index is 1270. The fourth-order valence-electron chi connectivity index (χ4n) is 3.72. The number of amides is 1. The molecule has 1 unspecified atom stereocenters. The summed E-state index contributed by atoms with van der Waals surface area (Å²) in [5.41, 5.74) is 1.50. The standard InChI is InChI=1S/C23H24N2O5S2/c1-14-7-10-21-15(11-14)12-22(31-21)23(27)24-18-13-16(8-9-19(18)26)32(28,29)25-17-5-3-4-6-20(17)30-2/h3-6,8-9,12-14,25-26H,7,10-11H2,1-2H3,(H,24,27). The second-order valence-corrected chi connectivity index (χ2v) is 10.7. The summed E-state index contributed by atoms with van der Waals surface area (Å²) in [7, 11) is -2.53. The van der Waals surface area contributed by atoms with Crippen molar-refractivity contribution in [3.05, 3.63) is 63.8 Å². The number of phenolic OH excluding ortho intramolecular Hbond substituents is 1. The highest BCUT2D eigenvalue weighted by Gasteiger charge is 2.22. The Morgan fingerprint density at radius 1 is 1.16 bits per heavy atom. The summed E-state index contributed by atoms with van der Waals surface area (Å²) in [5, 5.41) is 12.9. The van der Waals surface area contributed by atoms with E-state index in [0.717, 1.165) is 19.3 Å². The van der Waals surface area contributed by atoms with Gasteiger partial charge >= 0.3 is 0 Å². The molecule has 4 rings (SSSR count). The Kier molecular flexibility index (Phi) is 6.12. The number of thiophene rings is 1. The van der Waals surface area contributed by atoms with Crippen molar-refractivity contribution in [2.45, 2.75) is 31.1 Å². The molecular formula is C23H24N2O5S2. The number of anilines is 2. The number of hydrogen-bond donors (Lipinski definition) is 3. The molecule has 1 amide bonds. The molecule has 7 nitrogen and oxygen atoms in total. The first-order chi connectivity index (χ1) is 15.3. The van der Waals surface area contributed by atoms with Gasteiger partial charge in [-0.25, -0.2) is 8.42 Å². The summed E-state index contributed by atoms with van der Waals surface area (Å²) in [4.78, 5) is 14.5. The third kappa shape index (κ3) is 4.58. The van der Waals surface area contributed by atoms with Gasteiger partial charge in [-0.1, -0.05) is 19.1 Å². The minimum Gasteiger partial charge on any atom is -0.506 e. The summed E-state index contributed by atoms with van der Waals surface area (Å²) in [5.74, 6) is 0.373. The van der Waals surface area contributed by atoms with Crippen molar-refractivity contribution in [1.29, 1.82) is 0 Å². The van der Waals surface area contributed by atoms with Crippen LogP contribution in [0.2, 0.25) is 0 Å². The van der Waals surface area contributed by atoms with Gasteiger partial charge in [0.2, 0.25) is 0 Å². The average Bonchev–Trinajstić information content (AvgIpc) is 3.18. The quantitative estimate of drug-likeness (QED) is 0.453. The van der Waals surface area contributed by atoms with Gasteiger partial charge in [0.15, 0.2) is 0 Å². The fourth-order valence-corrected chi connectivity index (χ4v) is 5.92. The van der Waals surface area contributed by atoms with Crippen LogP contribution in [0.15, 0.2) is 53.4 Å². The number of fused-ring (bicyclic) bond motifs is 1. The number of ether oxygens (including phenoxy) is 1. The van der Waals surface area contributed by atoms with Crippen molar-refractivity contribution in [1.82, 2.24) is 0 Å². The third-order valence-corrected chi connectivity index (χ3v) is 8.03. The molecule has 1 atom stereocenters. The predicted molar refractivity (Wildman–Crippen MR) is 125 cm³/mol. The van der Waals surface area contributed by atoms with Gasteiger partial charge in [-0.15, -0.1) is 11.3 Å². The van der Waals surface area contributed by atoms with Crippen molar-refractivity contribution in [2.24, 2.45) is 5.92 Å². The highest BCUT2D eigenvalue weighted by Crippen LogP contribution is 2.34. The highest BCUT2D eigenvalue weighted by molar-refractivity contribution is 7.92. The molecule has 1 aliphatic rings. The van der Waals surface area contributed by atoms with Crippen molar-refractivity contribution < 1.29 is 23.1 Å². The minimum absolute atomic E-state index is 0.0256. The molecule has 0 fully saturated rings. The van der Waals surface area contributed by atoms with Crippen LogP contribution in [0.3, 0.4) is 0 Å². The highest BCUT2D eigenvalue weighted by atomic mass is 32.2. The topological polar surface area (TPSA) is 105 Å². The monoisotopic (exact) mass is 472 g/mol. The minimum atomic E-state index is -3.98. The van der Waals surface area contributed by atoms with Crippen LogP contribution in [0.25, 0.3) is 0 Å². The zero-order chi connectivity index (χ0) is 22.9. The number of carbonyl (C=O) groups is 1. The van der Waals surface area contributed by atoms with Crippen LogP contribution in [-0.2, 0) is 22.9 Å². The maximum atomic E-state index is 12.9. The maximum Gasteiger partial charge on any atom is 0.265 e. The smallest absolute Gasteiger partial charge is 0.265 e. The largest absolute Gasteiger partial charge is 0.506 e. The normalized spacial score (nSPS) is 15.6. The number of hydrogen-bond acceptors (Lipinski definition) is 6. The molecule has 3 N–H and O–H groups in total. The Balaban J connectivity index is 1.57. The van der Waals surface area contributed by atoms with E-state index in [9.17, 15) is 18.3 Å². The maximum absolute atomic E-state index is 12.9. The molecule has 168 valence electrons. The molecule has 1 aromatic heterocycles. The molecule has 9 heteroatoms. The van der Waals surface area contributed by atoms with Crippen LogP contribution in [0, 0.1) is 5.92 Å². The van der Waals surface area contributed by atoms with E-state index in [1.165, 1.54) is 47.1 Å². The van der Waals surface area contributed by atoms with Crippen molar-refractivity contribution >= 4 is 38.6 Å². The van der Waals surface area contributed by atoms with Crippen LogP contribution >= 0.6 is 11.3 Å². The van der Waals surface area contributed by atoms with E-state index >= 15 is 0 Å². The molecule has 0 spiro atoms. The molecule has 0 saturated carbocycles. The van der Waals surface area contributed by atoms with Crippen LogP contribution in [-0.4, -0.2) is 26.5 Å². The van der Waals surface area contributed by atoms with Crippen LogP contribution in [0.1, 0.15) is 33.5 Å². The van der Waals surface area contributed by atoms with Gasteiger partial charge in [0, 0.05) is 4.88 Å². The molecule has 0 aliphatic heterocycles. The van der Waals surface area contributed by atoms with Crippen molar-refractivity contribution in [3.8, 4) is 11.5 Å². The first-order valence-electron chi connectivity index (χ1n) is 10.2. The number of para-hydroxylation sites is 2. The number of methoxy groups -OCH3 is 1. The van der Waals surface area contributed by atoms with E-state index in [-0.39, 0.29) is 27.9 Å². The van der Waals surface area contributed by atoms with E-state index < -0.39 is 10.0 Å². The molecule has 32 heavy (non-hydrogen) atoms. The van der Waals surface area contributed by atoms with Crippen LogP contribution in [0.4, 0.5) is 11.4 Å². The first-order valence-corrected chi connectivity index (χ1v) is 12.5. The molecule has 0 radical (unpaired) electrons. The first kappa shape index (κ1) is 22.2. The summed E-state index contributed by atoms with van der Waals surface area (Å²) >= 11 is 1.45. The third-order valence-electron chi connectivity index (χ3n) is 5.43. The summed E-state index contributed by atoms with van der Waals surface area (Å²) in [6.07, 6.45) is 3.02. The number of sulfonamides is 1. The van der Waals surface area contributed by atoms with E-state index in [4.69, 9.17) is 4.74 Å². The van der Waals surface area contributed by atoms with Gasteiger partial charge in [0.05, 0.1) is 28.3 Å². The van der Waals surface area contributed by atoms with Crippen LogP contribution in [0.5, 0.6) is 11.5 Å². The lowest BCUT2D eigenvalue weighted by atomic mass is 9.90. The molecular weight excluding hydrogens is 448 g/mol. The molecule has 0 bridgehead atoms. The zero-order valence-electron chi connectivity index (χ0n) is 17.7. The second-order valence-electron chi connectivity index (χ2n) is 7.85. The molecule has 2 aromatic carbocycles. The molecule has 1 aliphatic carbocycles. The van der Waals surface area contributed by atoms with Crippen LogP contribution < -0.4 is 14.8 Å².